The molecule has 1 atom stereocenters. The Bertz CT molecular complexity index is 725. The highest BCUT2D eigenvalue weighted by Gasteiger charge is 2.30. The molecule has 2 N–H and O–H groups in total. The second-order valence-electron chi connectivity index (χ2n) is 5.12. The van der Waals surface area contributed by atoms with E-state index in [9.17, 15) is 9.59 Å². The molecule has 0 aliphatic carbocycles. The first-order valence-corrected chi connectivity index (χ1v) is 6.90. The van der Waals surface area contributed by atoms with E-state index < -0.39 is 17.6 Å². The van der Waals surface area contributed by atoms with Gasteiger partial charge in [0.15, 0.2) is 0 Å². The van der Waals surface area contributed by atoms with Gasteiger partial charge in [-0.1, -0.05) is 18.2 Å². The average molecular weight is 288 g/mol. The number of rotatable bonds is 4. The second-order valence-corrected chi connectivity index (χ2v) is 5.12. The minimum Gasteiger partial charge on any atom is -0.480 e. The molecule has 0 amide bonds. The van der Waals surface area contributed by atoms with Gasteiger partial charge in [-0.3, -0.25) is 4.79 Å². The summed E-state index contributed by atoms with van der Waals surface area (Å²) < 4.78 is 5.25. The molecule has 3 rings (SSSR count). The molecule has 1 aromatic carbocycles. The Morgan fingerprint density at radius 2 is 2.24 bits per heavy atom. The number of para-hydroxylation sites is 1. The molecule has 0 spiro atoms. The van der Waals surface area contributed by atoms with E-state index in [1.807, 2.05) is 18.2 Å². The lowest BCUT2D eigenvalue weighted by Crippen LogP contribution is -2.45. The maximum Gasteiger partial charge on any atom is 0.340 e. The van der Waals surface area contributed by atoms with Crippen molar-refractivity contribution in [2.45, 2.75) is 25.4 Å². The number of hydrogen-bond donors (Lipinski definition) is 2. The summed E-state index contributed by atoms with van der Waals surface area (Å²) in [4.78, 5) is 23.0. The number of carboxylic acid groups (broad SMARTS) is 1. The number of benzene rings is 1. The summed E-state index contributed by atoms with van der Waals surface area (Å²) in [6.45, 7) is 0.923. The van der Waals surface area contributed by atoms with Gasteiger partial charge in [0, 0.05) is 18.5 Å². The van der Waals surface area contributed by atoms with Crippen LogP contribution in [0.15, 0.2) is 39.5 Å². The molecule has 0 saturated carbocycles. The first-order chi connectivity index (χ1) is 10.1. The van der Waals surface area contributed by atoms with Crippen LogP contribution in [0.2, 0.25) is 0 Å². The van der Waals surface area contributed by atoms with Crippen LogP contribution < -0.4 is 11.1 Å². The van der Waals surface area contributed by atoms with Crippen LogP contribution in [-0.4, -0.2) is 28.7 Å². The molecule has 6 heteroatoms. The van der Waals surface area contributed by atoms with Crippen molar-refractivity contribution in [1.82, 2.24) is 10.4 Å². The maximum atomic E-state index is 11.9. The van der Waals surface area contributed by atoms with Crippen LogP contribution in [-0.2, 0) is 11.3 Å². The molecule has 2 heterocycles. The van der Waals surface area contributed by atoms with Crippen LogP contribution in [0, 0.1) is 0 Å². The molecule has 0 bridgehead atoms. The van der Waals surface area contributed by atoms with Crippen molar-refractivity contribution >= 4 is 16.9 Å². The van der Waals surface area contributed by atoms with E-state index in [0.29, 0.717) is 24.1 Å². The molecule has 1 fully saturated rings. The molecule has 2 aromatic rings. The quantitative estimate of drug-likeness (QED) is 0.826. The van der Waals surface area contributed by atoms with Gasteiger partial charge in [0.05, 0.1) is 5.56 Å². The third kappa shape index (κ3) is 2.81. The molecule has 21 heavy (non-hydrogen) atoms. The predicted molar refractivity (Wildman–Crippen MR) is 76.7 cm³/mol. The summed E-state index contributed by atoms with van der Waals surface area (Å²) in [5, 5.41) is 11.6. The van der Waals surface area contributed by atoms with Crippen molar-refractivity contribution in [3.63, 3.8) is 0 Å². The predicted octanol–water partition coefficient (Wildman–Crippen LogP) is 1.35. The van der Waals surface area contributed by atoms with E-state index in [4.69, 9.17) is 9.52 Å². The van der Waals surface area contributed by atoms with Gasteiger partial charge in [-0.2, -0.15) is 0 Å². The van der Waals surface area contributed by atoms with Crippen LogP contribution >= 0.6 is 0 Å². The van der Waals surface area contributed by atoms with E-state index in [0.717, 1.165) is 11.8 Å². The van der Waals surface area contributed by atoms with Gasteiger partial charge < -0.3 is 9.52 Å². The Labute approximate surface area is 120 Å². The number of carbonyl (C=O) groups is 1. The summed E-state index contributed by atoms with van der Waals surface area (Å²) in [6, 6.07) is 8.55. The van der Waals surface area contributed by atoms with Gasteiger partial charge in [-0.25, -0.2) is 15.2 Å². The molecule has 0 radical (unpaired) electrons. The van der Waals surface area contributed by atoms with Crippen LogP contribution in [0.25, 0.3) is 11.0 Å². The molecule has 6 nitrogen and oxygen atoms in total. The highest BCUT2D eigenvalue weighted by molar-refractivity contribution is 5.76. The van der Waals surface area contributed by atoms with Crippen LogP contribution in [0.4, 0.5) is 0 Å². The Morgan fingerprint density at radius 1 is 1.43 bits per heavy atom. The molecule has 1 saturated heterocycles. The summed E-state index contributed by atoms with van der Waals surface area (Å²) in [5.74, 6) is -0.842. The average Bonchev–Trinajstić information content (AvgIpc) is 2.93. The number of hydrogen-bond acceptors (Lipinski definition) is 5. The van der Waals surface area contributed by atoms with E-state index in [-0.39, 0.29) is 6.54 Å². The number of carboxylic acids is 1. The van der Waals surface area contributed by atoms with Gasteiger partial charge >= 0.3 is 11.6 Å². The Hall–Kier alpha value is -2.18. The third-order valence-electron chi connectivity index (χ3n) is 3.72. The van der Waals surface area contributed by atoms with Gasteiger partial charge in [0.1, 0.15) is 11.6 Å². The zero-order valence-corrected chi connectivity index (χ0v) is 11.4. The largest absolute Gasteiger partial charge is 0.480 e. The number of nitrogens with zero attached hydrogens (tertiary/aromatic N) is 1. The van der Waals surface area contributed by atoms with Crippen molar-refractivity contribution in [3.05, 3.63) is 46.3 Å². The number of aliphatic carboxylic acids is 1. The smallest absolute Gasteiger partial charge is 0.340 e. The van der Waals surface area contributed by atoms with E-state index in [2.05, 4.69) is 5.43 Å². The molecule has 1 aromatic heterocycles. The van der Waals surface area contributed by atoms with E-state index in [1.165, 1.54) is 0 Å². The standard InChI is InChI=1S/C15H16N2O4/c18-14(19)12-5-3-7-17(12)16-9-11-8-10-4-1-2-6-13(10)21-15(11)20/h1-2,4,6,8,12,16H,3,5,7,9H2,(H,18,19)/t12-/m0/s1. The normalized spacial score (nSPS) is 19.1. The van der Waals surface area contributed by atoms with Crippen LogP contribution in [0.3, 0.4) is 0 Å². The monoisotopic (exact) mass is 288 g/mol. The van der Waals surface area contributed by atoms with Crippen molar-refractivity contribution < 1.29 is 14.3 Å². The third-order valence-corrected chi connectivity index (χ3v) is 3.72. The fraction of sp³-hybridized carbons (Fsp3) is 0.333. The van der Waals surface area contributed by atoms with Gasteiger partial charge in [0.25, 0.3) is 0 Å². The molecular weight excluding hydrogens is 272 g/mol. The highest BCUT2D eigenvalue weighted by Crippen LogP contribution is 2.16. The highest BCUT2D eigenvalue weighted by atomic mass is 16.4. The first-order valence-electron chi connectivity index (χ1n) is 6.90. The minimum absolute atomic E-state index is 0.261. The van der Waals surface area contributed by atoms with Gasteiger partial charge in [0.2, 0.25) is 0 Å². The summed E-state index contributed by atoms with van der Waals surface area (Å²) >= 11 is 0. The molecule has 110 valence electrons. The van der Waals surface area contributed by atoms with Gasteiger partial charge in [-0.15, -0.1) is 0 Å². The van der Waals surface area contributed by atoms with Crippen molar-refractivity contribution in [3.8, 4) is 0 Å². The van der Waals surface area contributed by atoms with Crippen LogP contribution in [0.5, 0.6) is 0 Å². The lowest BCUT2D eigenvalue weighted by atomic mass is 10.2. The minimum atomic E-state index is -0.842. The van der Waals surface area contributed by atoms with Gasteiger partial charge in [-0.05, 0) is 25.0 Å². The summed E-state index contributed by atoms with van der Waals surface area (Å²) in [7, 11) is 0. The Morgan fingerprint density at radius 3 is 3.05 bits per heavy atom. The SMILES string of the molecule is O=C(O)[C@@H]1CCCN1NCc1cc2ccccc2oc1=O. The lowest BCUT2D eigenvalue weighted by molar-refractivity contribution is -0.143. The summed E-state index contributed by atoms with van der Waals surface area (Å²) in [5.41, 5.74) is 3.67. The number of hydrazine groups is 1. The zero-order chi connectivity index (χ0) is 14.8. The van der Waals surface area contributed by atoms with Crippen molar-refractivity contribution in [2.24, 2.45) is 0 Å². The lowest BCUT2D eigenvalue weighted by Gasteiger charge is -2.21. The topological polar surface area (TPSA) is 82.8 Å². The molecule has 0 unspecified atom stereocenters. The Balaban J connectivity index is 1.77. The second kappa shape index (κ2) is 5.67. The van der Waals surface area contributed by atoms with Crippen molar-refractivity contribution in [2.75, 3.05) is 6.54 Å². The molecule has 1 aliphatic heterocycles. The fourth-order valence-electron chi connectivity index (χ4n) is 2.63. The number of nitrogens with one attached hydrogen (secondary N) is 1. The fourth-order valence-corrected chi connectivity index (χ4v) is 2.63. The molecule has 1 aliphatic rings. The molecular formula is C15H16N2O4. The van der Waals surface area contributed by atoms with E-state index >= 15 is 0 Å². The summed E-state index contributed by atoms with van der Waals surface area (Å²) in [6.07, 6.45) is 1.45. The van der Waals surface area contributed by atoms with Crippen molar-refractivity contribution in [1.29, 1.82) is 0 Å². The zero-order valence-electron chi connectivity index (χ0n) is 11.4. The maximum absolute atomic E-state index is 11.9. The Kier molecular flexibility index (Phi) is 3.72. The first kappa shape index (κ1) is 13.8. The van der Waals surface area contributed by atoms with Crippen LogP contribution in [0.1, 0.15) is 18.4 Å². The number of fused-ring (bicyclic) bond motifs is 1. The van der Waals surface area contributed by atoms with E-state index in [1.54, 1.807) is 17.1 Å².